The summed E-state index contributed by atoms with van der Waals surface area (Å²) < 4.78 is 2.13. The van der Waals surface area contributed by atoms with Gasteiger partial charge in [-0.1, -0.05) is 6.92 Å². The van der Waals surface area contributed by atoms with Gasteiger partial charge in [0.2, 0.25) is 5.91 Å². The standard InChI is InChI=1S/C13H20BrN3O2/c1-6-13(4,5)16-10(18)7-17-9(3)11(14)8(2)15-12(17)19/h6-7H2,1-5H3,(H,16,18). The van der Waals surface area contributed by atoms with Gasteiger partial charge in [0.15, 0.2) is 0 Å². The van der Waals surface area contributed by atoms with Gasteiger partial charge >= 0.3 is 5.69 Å². The first-order chi connectivity index (χ1) is 8.68. The van der Waals surface area contributed by atoms with Crippen LogP contribution in [0.25, 0.3) is 0 Å². The molecule has 0 spiro atoms. The number of rotatable bonds is 4. The van der Waals surface area contributed by atoms with Gasteiger partial charge < -0.3 is 5.32 Å². The summed E-state index contributed by atoms with van der Waals surface area (Å²) in [7, 11) is 0. The number of aromatic nitrogens is 2. The highest BCUT2D eigenvalue weighted by Gasteiger charge is 2.19. The molecular weight excluding hydrogens is 310 g/mol. The number of hydrogen-bond acceptors (Lipinski definition) is 3. The first-order valence-corrected chi connectivity index (χ1v) is 7.02. The Morgan fingerprint density at radius 1 is 1.42 bits per heavy atom. The largest absolute Gasteiger partial charge is 0.350 e. The van der Waals surface area contributed by atoms with Crippen molar-refractivity contribution in [3.63, 3.8) is 0 Å². The number of carbonyl (C=O) groups excluding carboxylic acids is 1. The minimum absolute atomic E-state index is 0.0139. The Kier molecular flexibility index (Phi) is 4.90. The van der Waals surface area contributed by atoms with Crippen LogP contribution in [0.2, 0.25) is 0 Å². The molecule has 1 aromatic heterocycles. The van der Waals surface area contributed by atoms with Crippen LogP contribution < -0.4 is 11.0 Å². The van der Waals surface area contributed by atoms with Crippen LogP contribution in [0.5, 0.6) is 0 Å². The molecule has 1 amide bonds. The molecule has 0 aliphatic rings. The maximum absolute atomic E-state index is 12.0. The number of amides is 1. The number of nitrogens with one attached hydrogen (secondary N) is 1. The average molecular weight is 330 g/mol. The van der Waals surface area contributed by atoms with E-state index < -0.39 is 5.69 Å². The zero-order chi connectivity index (χ0) is 14.8. The summed E-state index contributed by atoms with van der Waals surface area (Å²) in [5.74, 6) is -0.186. The molecule has 1 heterocycles. The maximum Gasteiger partial charge on any atom is 0.348 e. The fourth-order valence-corrected chi connectivity index (χ4v) is 1.91. The van der Waals surface area contributed by atoms with E-state index >= 15 is 0 Å². The van der Waals surface area contributed by atoms with Crippen molar-refractivity contribution < 1.29 is 4.79 Å². The molecule has 0 fully saturated rings. The lowest BCUT2D eigenvalue weighted by Crippen LogP contribution is -2.45. The van der Waals surface area contributed by atoms with E-state index in [1.54, 1.807) is 13.8 Å². The zero-order valence-corrected chi connectivity index (χ0v) is 13.6. The van der Waals surface area contributed by atoms with Crippen LogP contribution in [-0.4, -0.2) is 21.0 Å². The van der Waals surface area contributed by atoms with E-state index in [1.165, 1.54) is 4.57 Å². The molecule has 1 N–H and O–H groups in total. The lowest BCUT2D eigenvalue weighted by Gasteiger charge is -2.25. The Balaban J connectivity index is 2.99. The van der Waals surface area contributed by atoms with Crippen LogP contribution in [0.1, 0.15) is 38.6 Å². The molecular formula is C13H20BrN3O2. The predicted octanol–water partition coefficient (Wildman–Crippen LogP) is 1.93. The molecule has 0 radical (unpaired) electrons. The normalized spacial score (nSPS) is 11.5. The summed E-state index contributed by atoms with van der Waals surface area (Å²) in [6, 6.07) is 0. The Morgan fingerprint density at radius 3 is 2.53 bits per heavy atom. The SMILES string of the molecule is CCC(C)(C)NC(=O)Cn1c(C)c(Br)c(C)nc1=O. The van der Waals surface area contributed by atoms with E-state index in [2.05, 4.69) is 26.2 Å². The molecule has 106 valence electrons. The topological polar surface area (TPSA) is 64.0 Å². The second kappa shape index (κ2) is 5.86. The van der Waals surface area contributed by atoms with E-state index in [0.29, 0.717) is 11.4 Å². The molecule has 5 nitrogen and oxygen atoms in total. The highest BCUT2D eigenvalue weighted by atomic mass is 79.9. The number of hydrogen-bond donors (Lipinski definition) is 1. The Bertz CT molecular complexity index is 550. The summed E-state index contributed by atoms with van der Waals surface area (Å²) in [6.45, 7) is 9.43. The number of carbonyl (C=O) groups is 1. The molecule has 0 unspecified atom stereocenters. The van der Waals surface area contributed by atoms with Gasteiger partial charge in [-0.2, -0.15) is 4.98 Å². The zero-order valence-electron chi connectivity index (χ0n) is 12.0. The van der Waals surface area contributed by atoms with Gasteiger partial charge in [0.1, 0.15) is 6.54 Å². The van der Waals surface area contributed by atoms with Crippen molar-refractivity contribution in [3.8, 4) is 0 Å². The van der Waals surface area contributed by atoms with E-state index in [1.807, 2.05) is 20.8 Å². The van der Waals surface area contributed by atoms with E-state index in [4.69, 9.17) is 0 Å². The van der Waals surface area contributed by atoms with Crippen molar-refractivity contribution in [1.82, 2.24) is 14.9 Å². The van der Waals surface area contributed by atoms with Crippen molar-refractivity contribution in [3.05, 3.63) is 26.3 Å². The first-order valence-electron chi connectivity index (χ1n) is 6.22. The van der Waals surface area contributed by atoms with Crippen molar-refractivity contribution in [2.75, 3.05) is 0 Å². The van der Waals surface area contributed by atoms with Gasteiger partial charge in [0.05, 0.1) is 10.2 Å². The van der Waals surface area contributed by atoms with Crippen LogP contribution in [0.4, 0.5) is 0 Å². The smallest absolute Gasteiger partial charge is 0.348 e. The summed E-state index contributed by atoms with van der Waals surface area (Å²) in [6.07, 6.45) is 0.822. The molecule has 1 rings (SSSR count). The summed E-state index contributed by atoms with van der Waals surface area (Å²) >= 11 is 3.38. The second-order valence-electron chi connectivity index (χ2n) is 5.25. The lowest BCUT2D eigenvalue weighted by atomic mass is 10.0. The van der Waals surface area contributed by atoms with Crippen LogP contribution >= 0.6 is 15.9 Å². The molecule has 1 aromatic rings. The van der Waals surface area contributed by atoms with Gasteiger partial charge in [-0.15, -0.1) is 0 Å². The van der Waals surface area contributed by atoms with Gasteiger partial charge in [0.25, 0.3) is 0 Å². The monoisotopic (exact) mass is 329 g/mol. The Morgan fingerprint density at radius 2 is 2.00 bits per heavy atom. The van der Waals surface area contributed by atoms with Crippen LogP contribution in [0.3, 0.4) is 0 Å². The third kappa shape index (κ3) is 3.89. The Labute approximate surface area is 121 Å². The van der Waals surface area contributed by atoms with Crippen LogP contribution in [0.15, 0.2) is 9.27 Å². The van der Waals surface area contributed by atoms with E-state index in [9.17, 15) is 9.59 Å². The summed E-state index contributed by atoms with van der Waals surface area (Å²) in [5, 5.41) is 2.90. The van der Waals surface area contributed by atoms with Crippen molar-refractivity contribution in [2.24, 2.45) is 0 Å². The number of aryl methyl sites for hydroxylation is 1. The highest BCUT2D eigenvalue weighted by molar-refractivity contribution is 9.10. The fourth-order valence-electron chi connectivity index (χ4n) is 1.61. The molecule has 0 saturated carbocycles. The highest BCUT2D eigenvalue weighted by Crippen LogP contribution is 2.16. The van der Waals surface area contributed by atoms with Gasteiger partial charge in [0, 0.05) is 11.2 Å². The van der Waals surface area contributed by atoms with Crippen molar-refractivity contribution >= 4 is 21.8 Å². The third-order valence-electron chi connectivity index (χ3n) is 3.20. The second-order valence-corrected chi connectivity index (χ2v) is 6.04. The van der Waals surface area contributed by atoms with Crippen molar-refractivity contribution in [2.45, 2.75) is 53.1 Å². The minimum Gasteiger partial charge on any atom is -0.350 e. The molecule has 0 saturated heterocycles. The molecule has 0 atom stereocenters. The molecule has 6 heteroatoms. The lowest BCUT2D eigenvalue weighted by molar-refractivity contribution is -0.123. The van der Waals surface area contributed by atoms with Gasteiger partial charge in [-0.05, 0) is 50.0 Å². The van der Waals surface area contributed by atoms with Gasteiger partial charge in [-0.25, -0.2) is 4.79 Å². The molecule has 0 aliphatic carbocycles. The predicted molar refractivity (Wildman–Crippen MR) is 78.2 cm³/mol. The van der Waals surface area contributed by atoms with E-state index in [0.717, 1.165) is 10.9 Å². The quantitative estimate of drug-likeness (QED) is 0.917. The average Bonchev–Trinajstić information content (AvgIpc) is 2.31. The molecule has 19 heavy (non-hydrogen) atoms. The van der Waals surface area contributed by atoms with Gasteiger partial charge in [-0.3, -0.25) is 9.36 Å². The molecule has 0 aliphatic heterocycles. The molecule has 0 bridgehead atoms. The van der Waals surface area contributed by atoms with Crippen LogP contribution in [-0.2, 0) is 11.3 Å². The summed E-state index contributed by atoms with van der Waals surface area (Å²) in [4.78, 5) is 27.7. The Hall–Kier alpha value is -1.17. The maximum atomic E-state index is 12.0. The third-order valence-corrected chi connectivity index (χ3v) is 4.35. The van der Waals surface area contributed by atoms with Crippen LogP contribution in [0, 0.1) is 13.8 Å². The first kappa shape index (κ1) is 15.9. The summed E-state index contributed by atoms with van der Waals surface area (Å²) in [5.41, 5.74) is 0.668. The fraction of sp³-hybridized carbons (Fsp3) is 0.615. The number of halogens is 1. The van der Waals surface area contributed by atoms with E-state index in [-0.39, 0.29) is 18.0 Å². The van der Waals surface area contributed by atoms with Crippen molar-refractivity contribution in [1.29, 1.82) is 0 Å². The minimum atomic E-state index is -0.400. The number of nitrogens with zero attached hydrogens (tertiary/aromatic N) is 2. The molecule has 0 aromatic carbocycles.